The first-order valence-electron chi connectivity index (χ1n) is 27.1. The van der Waals surface area contributed by atoms with Gasteiger partial charge in [0.2, 0.25) is 0 Å². The van der Waals surface area contributed by atoms with Gasteiger partial charge in [-0.2, -0.15) is 0 Å². The van der Waals surface area contributed by atoms with Crippen molar-refractivity contribution in [2.45, 2.75) is 126 Å². The van der Waals surface area contributed by atoms with Crippen LogP contribution in [-0.4, -0.2) is 114 Å². The minimum atomic E-state index is -1.34. The summed E-state index contributed by atoms with van der Waals surface area (Å²) >= 11 is 0. The second-order valence-corrected chi connectivity index (χ2v) is 22.6. The number of aromatic amines is 2. The smallest absolute Gasteiger partial charge is 0.318 e. The number of carbonyl (C=O) groups excluding carboxylic acids is 2. The van der Waals surface area contributed by atoms with E-state index in [0.29, 0.717) is 31.5 Å². The molecule has 15 heteroatoms. The SMILES string of the molecule is COc1cc2c(cc1O)C1=C[C@H]3C[C@]4(CC[C@@](Cn5ccc6[nH]ccc65)(NC[C@H](C)O)C4)[C@H]4C[C@@H](O)CC[C@@H]4[C@@H]3[C@H]2CC(=O)C[C@@H]([C@H](O)Cc2ccc(O)c(OCCO)c2)OC(=O)CC#CCc2c1[nH]c1ccccc21. The van der Waals surface area contributed by atoms with Crippen LogP contribution in [0.2, 0.25) is 0 Å². The number of para-hydroxylation sites is 1. The third-order valence-electron chi connectivity index (χ3n) is 17.8. The first-order valence-corrected chi connectivity index (χ1v) is 27.1. The van der Waals surface area contributed by atoms with Crippen LogP contribution < -0.4 is 14.8 Å². The summed E-state index contributed by atoms with van der Waals surface area (Å²) in [6.45, 7) is 2.62. The molecule has 0 saturated heterocycles. The summed E-state index contributed by atoms with van der Waals surface area (Å²) < 4.78 is 19.8. The zero-order chi connectivity index (χ0) is 52.9. The van der Waals surface area contributed by atoms with E-state index in [1.807, 2.05) is 37.4 Å². The first kappa shape index (κ1) is 51.6. The topological polar surface area (TPSA) is 232 Å². The standard InChI is InChI=1S/C61H70N4O11/c1-35(67)32-63-61(34-65-20-16-49-50(65)15-19-62-49)18-17-60(33-61)31-37-25-46-43-29-53(72)54(74-2)30-44(43)45(58(37)42-13-12-38(68)27-47(42)60)26-39(69)28-56(52(71)23-36-11-14-51(70)55(24-36)75-22-21-66)76-57(73)10-6-4-8-41-40-7-3-5-9-48(40)64-59(41)46/h3,5,7,9,11,14-16,19-20,24-25,29-30,35,37-38,42,45,47,52,56,58,62-64,66-68,70-72H,8,10,12-13,17-18,21-23,26-28,31-34H2,1-2H3/t35-,37-,38-,42-,45-,47-,52+,56-,58+,60-,61+/m0/s1. The van der Waals surface area contributed by atoms with Crippen LogP contribution >= 0.6 is 0 Å². The second-order valence-electron chi connectivity index (χ2n) is 22.6. The Morgan fingerprint density at radius 3 is 2.63 bits per heavy atom. The van der Waals surface area contributed by atoms with Crippen LogP contribution in [0.5, 0.6) is 23.0 Å². The highest BCUT2D eigenvalue weighted by molar-refractivity contribution is 5.94. The van der Waals surface area contributed by atoms with Crippen LogP contribution in [0.3, 0.4) is 0 Å². The van der Waals surface area contributed by atoms with Gasteiger partial charge in [-0.3, -0.25) is 9.59 Å². The number of esters is 1. The lowest BCUT2D eigenvalue weighted by atomic mass is 9.47. The Morgan fingerprint density at radius 1 is 0.961 bits per heavy atom. The molecule has 2 bridgehead atoms. The largest absolute Gasteiger partial charge is 0.504 e. The number of ether oxygens (including phenoxy) is 3. The van der Waals surface area contributed by atoms with E-state index in [2.05, 4.69) is 62.2 Å². The van der Waals surface area contributed by atoms with Crippen molar-refractivity contribution in [3.05, 3.63) is 113 Å². The number of cyclic esters (lactones) is 1. The fourth-order valence-corrected chi connectivity index (χ4v) is 14.7. The van der Waals surface area contributed by atoms with E-state index < -0.39 is 36.3 Å². The number of aliphatic hydroxyl groups is 4. The Balaban J connectivity index is 1.06. The number of nitrogens with one attached hydrogen (secondary N) is 3. The number of benzene rings is 3. The maximum Gasteiger partial charge on any atom is 0.318 e. The molecule has 6 aromatic rings. The van der Waals surface area contributed by atoms with Crippen LogP contribution in [0.25, 0.3) is 27.5 Å². The van der Waals surface area contributed by atoms with E-state index in [0.717, 1.165) is 82.0 Å². The summed E-state index contributed by atoms with van der Waals surface area (Å²) in [6, 6.07) is 20.6. The van der Waals surface area contributed by atoms with E-state index in [4.69, 9.17) is 14.2 Å². The molecule has 0 amide bonds. The Kier molecular flexibility index (Phi) is 14.3. The predicted octanol–water partition coefficient (Wildman–Crippen LogP) is 7.58. The number of carbonyl (C=O) groups is 2. The molecule has 11 atom stereocenters. The van der Waals surface area contributed by atoms with Gasteiger partial charge in [0.05, 0.1) is 48.8 Å². The average Bonchev–Trinajstić information content (AvgIpc) is 4.19. The van der Waals surface area contributed by atoms with Crippen LogP contribution in [0.1, 0.15) is 105 Å². The molecule has 5 aliphatic rings. The van der Waals surface area contributed by atoms with Crippen LogP contribution in [-0.2, 0) is 33.7 Å². The highest BCUT2D eigenvalue weighted by atomic mass is 16.6. The molecule has 4 aliphatic carbocycles. The monoisotopic (exact) mass is 1030 g/mol. The lowest BCUT2D eigenvalue weighted by molar-refractivity contribution is -0.155. The van der Waals surface area contributed by atoms with Crippen molar-refractivity contribution < 1.29 is 54.4 Å². The number of phenols is 2. The minimum Gasteiger partial charge on any atom is -0.504 e. The zero-order valence-electron chi connectivity index (χ0n) is 43.3. The number of nitrogens with zero attached hydrogens (tertiary/aromatic N) is 1. The lowest BCUT2D eigenvalue weighted by Gasteiger charge is -2.57. The Labute approximate surface area is 442 Å². The molecule has 15 nitrogen and oxygen atoms in total. The number of hydrogen-bond acceptors (Lipinski definition) is 12. The van der Waals surface area contributed by atoms with Gasteiger partial charge in [0.15, 0.2) is 23.0 Å². The number of fused-ring (bicyclic) bond motifs is 10. The van der Waals surface area contributed by atoms with Crippen LogP contribution in [0.15, 0.2) is 85.2 Å². The van der Waals surface area contributed by atoms with E-state index in [1.54, 1.807) is 18.2 Å². The number of β-amino-alcohol motifs (C(OH)–C–C–N with tert-alkyl or cyclic N) is 1. The number of aromatic nitrogens is 3. The second kappa shape index (κ2) is 21.1. The van der Waals surface area contributed by atoms with Gasteiger partial charge in [0.25, 0.3) is 0 Å². The van der Waals surface area contributed by atoms with E-state index >= 15 is 4.79 Å². The molecule has 3 saturated carbocycles. The molecule has 0 unspecified atom stereocenters. The molecule has 3 fully saturated rings. The normalized spacial score (nSPS) is 28.3. The highest BCUT2D eigenvalue weighted by Gasteiger charge is 2.61. The van der Waals surface area contributed by atoms with Gasteiger partial charge >= 0.3 is 5.97 Å². The van der Waals surface area contributed by atoms with Crippen molar-refractivity contribution in [1.82, 2.24) is 19.9 Å². The molecule has 1 aliphatic heterocycles. The molecule has 3 aromatic heterocycles. The molecule has 3 aromatic carbocycles. The number of phenolic OH excluding ortho intramolecular Hbond substituents is 2. The minimum absolute atomic E-state index is 0.0284. The van der Waals surface area contributed by atoms with E-state index in [-0.39, 0.29) is 109 Å². The summed E-state index contributed by atoms with van der Waals surface area (Å²) in [4.78, 5) is 36.2. The third kappa shape index (κ3) is 9.90. The fourth-order valence-electron chi connectivity index (χ4n) is 14.7. The van der Waals surface area contributed by atoms with Gasteiger partial charge in [-0.05, 0) is 152 Å². The summed E-state index contributed by atoms with van der Waals surface area (Å²) in [5, 5.41) is 71.1. The van der Waals surface area contributed by atoms with Crippen LogP contribution in [0.4, 0.5) is 0 Å². The molecule has 4 heterocycles. The van der Waals surface area contributed by atoms with Crippen molar-refractivity contribution in [2.75, 3.05) is 26.9 Å². The van der Waals surface area contributed by atoms with E-state index in [9.17, 15) is 35.4 Å². The lowest BCUT2D eigenvalue weighted by Crippen LogP contribution is -2.54. The quantitative estimate of drug-likeness (QED) is 0.0427. The molecule has 0 radical (unpaired) electrons. The fraction of sp³-hybridized carbons (Fsp3) is 0.475. The molecular formula is C61H70N4O11. The zero-order valence-corrected chi connectivity index (χ0v) is 43.3. The van der Waals surface area contributed by atoms with Crippen molar-refractivity contribution in [1.29, 1.82) is 0 Å². The molecular weight excluding hydrogens is 965 g/mol. The number of rotatable bonds is 12. The number of methoxy groups -OCH3 is 1. The predicted molar refractivity (Wildman–Crippen MR) is 287 cm³/mol. The number of ketones is 1. The molecule has 11 rings (SSSR count). The Morgan fingerprint density at radius 2 is 1.80 bits per heavy atom. The van der Waals surface area contributed by atoms with Gasteiger partial charge in [0, 0.05) is 73.2 Å². The summed E-state index contributed by atoms with van der Waals surface area (Å²) in [5.74, 6) is 5.12. The maximum atomic E-state index is 15.3. The van der Waals surface area contributed by atoms with Gasteiger partial charge in [-0.1, -0.05) is 42.2 Å². The van der Waals surface area contributed by atoms with Gasteiger partial charge < -0.3 is 64.7 Å². The average molecular weight is 1040 g/mol. The summed E-state index contributed by atoms with van der Waals surface area (Å²) in [7, 11) is 1.52. The highest BCUT2D eigenvalue weighted by Crippen LogP contribution is 2.67. The Hall–Kier alpha value is -6.54. The van der Waals surface area contributed by atoms with Crippen molar-refractivity contribution >= 4 is 39.3 Å². The molecule has 9 N–H and O–H groups in total. The molecule has 400 valence electrons. The van der Waals surface area contributed by atoms with E-state index in [1.165, 1.54) is 13.2 Å². The summed E-state index contributed by atoms with van der Waals surface area (Å²) in [6.07, 6.45) is 7.88. The molecule has 76 heavy (non-hydrogen) atoms. The number of aliphatic hydroxyl groups excluding tert-OH is 4. The summed E-state index contributed by atoms with van der Waals surface area (Å²) in [5.41, 5.74) is 7.31. The van der Waals surface area contributed by atoms with Crippen molar-refractivity contribution in [2.24, 2.45) is 29.1 Å². The first-order chi connectivity index (χ1) is 36.7. The van der Waals surface area contributed by atoms with Crippen molar-refractivity contribution in [3.8, 4) is 34.8 Å². The third-order valence-corrected chi connectivity index (χ3v) is 17.8. The number of H-pyrrole nitrogens is 2. The number of aromatic hydroxyl groups is 2. The molecule has 1 spiro atoms. The van der Waals surface area contributed by atoms with Gasteiger partial charge in [-0.25, -0.2) is 0 Å². The number of hydrogen-bond donors (Lipinski definition) is 9. The van der Waals surface area contributed by atoms with Gasteiger partial charge in [-0.15, -0.1) is 0 Å². The maximum absolute atomic E-state index is 15.3. The van der Waals surface area contributed by atoms with Crippen molar-refractivity contribution in [3.63, 3.8) is 0 Å². The van der Waals surface area contributed by atoms with Gasteiger partial charge in [0.1, 0.15) is 24.9 Å². The number of allylic oxidation sites excluding steroid dienone is 1. The Bertz CT molecular complexity index is 3230. The number of Topliss-reactive ketones (excluding diaryl/α,β-unsaturated/α-hetero) is 1. The van der Waals surface area contributed by atoms with Crippen LogP contribution in [0, 0.1) is 40.9 Å².